The van der Waals surface area contributed by atoms with Crippen LogP contribution in [0.5, 0.6) is 0 Å². The highest BCUT2D eigenvalue weighted by Crippen LogP contribution is 2.39. The molecule has 80 valence electrons. The van der Waals surface area contributed by atoms with Gasteiger partial charge >= 0.3 is 5.97 Å². The van der Waals surface area contributed by atoms with E-state index in [4.69, 9.17) is 5.11 Å². The Hall–Kier alpha value is -0.570. The van der Waals surface area contributed by atoms with Gasteiger partial charge in [-0.15, -0.1) is 0 Å². The Morgan fingerprint density at radius 2 is 2.00 bits per heavy atom. The standard InChI is InChI=1S/C11H19NO2/c1-6-3-7(2)10-8(4-6)5-9(12-10)11(13)14/h6-10,12H,3-5H2,1-2H3,(H,13,14). The van der Waals surface area contributed by atoms with E-state index >= 15 is 0 Å². The number of aliphatic carboxylic acids is 1. The van der Waals surface area contributed by atoms with Gasteiger partial charge in [0.15, 0.2) is 0 Å². The first-order chi connectivity index (χ1) is 6.58. The first kappa shape index (κ1) is 9.97. The zero-order valence-corrected chi connectivity index (χ0v) is 8.86. The Morgan fingerprint density at radius 1 is 1.29 bits per heavy atom. The molecule has 1 aliphatic heterocycles. The highest BCUT2D eigenvalue weighted by atomic mass is 16.4. The number of fused-ring (bicyclic) bond motifs is 1. The van der Waals surface area contributed by atoms with Crippen LogP contribution in [0.2, 0.25) is 0 Å². The van der Waals surface area contributed by atoms with Crippen molar-refractivity contribution in [3.05, 3.63) is 0 Å². The van der Waals surface area contributed by atoms with E-state index in [9.17, 15) is 4.79 Å². The van der Waals surface area contributed by atoms with E-state index in [1.54, 1.807) is 0 Å². The lowest BCUT2D eigenvalue weighted by atomic mass is 9.73. The smallest absolute Gasteiger partial charge is 0.320 e. The maximum Gasteiger partial charge on any atom is 0.320 e. The number of nitrogens with one attached hydrogen (secondary N) is 1. The SMILES string of the molecule is CC1CC(C)C2NC(C(=O)O)CC2C1. The summed E-state index contributed by atoms with van der Waals surface area (Å²) in [5, 5.41) is 12.2. The van der Waals surface area contributed by atoms with Gasteiger partial charge in [0, 0.05) is 6.04 Å². The van der Waals surface area contributed by atoms with Gasteiger partial charge in [-0.05, 0) is 37.0 Å². The van der Waals surface area contributed by atoms with Gasteiger partial charge < -0.3 is 10.4 Å². The van der Waals surface area contributed by atoms with Crippen LogP contribution in [-0.2, 0) is 4.79 Å². The molecule has 0 amide bonds. The molecule has 14 heavy (non-hydrogen) atoms. The number of carbonyl (C=O) groups is 1. The molecule has 3 nitrogen and oxygen atoms in total. The normalized spacial score (nSPS) is 47.4. The van der Waals surface area contributed by atoms with E-state index in [0.717, 1.165) is 12.3 Å². The summed E-state index contributed by atoms with van der Waals surface area (Å²) < 4.78 is 0. The van der Waals surface area contributed by atoms with Crippen LogP contribution in [0.15, 0.2) is 0 Å². The van der Waals surface area contributed by atoms with E-state index in [1.165, 1.54) is 12.8 Å². The minimum absolute atomic E-state index is 0.294. The van der Waals surface area contributed by atoms with Crippen molar-refractivity contribution in [1.29, 1.82) is 0 Å². The molecule has 5 atom stereocenters. The van der Waals surface area contributed by atoms with Crippen LogP contribution in [0, 0.1) is 17.8 Å². The molecule has 0 spiro atoms. The van der Waals surface area contributed by atoms with Crippen LogP contribution in [-0.4, -0.2) is 23.2 Å². The van der Waals surface area contributed by atoms with Crippen molar-refractivity contribution in [3.63, 3.8) is 0 Å². The van der Waals surface area contributed by atoms with Crippen LogP contribution < -0.4 is 5.32 Å². The average molecular weight is 197 g/mol. The molecule has 0 radical (unpaired) electrons. The summed E-state index contributed by atoms with van der Waals surface area (Å²) in [5.41, 5.74) is 0. The first-order valence-electron chi connectivity index (χ1n) is 5.56. The molecule has 0 aromatic carbocycles. The zero-order valence-electron chi connectivity index (χ0n) is 8.86. The quantitative estimate of drug-likeness (QED) is 0.669. The Labute approximate surface area is 84.9 Å². The molecule has 1 saturated heterocycles. The highest BCUT2D eigenvalue weighted by molar-refractivity contribution is 5.74. The van der Waals surface area contributed by atoms with Gasteiger partial charge in [0.1, 0.15) is 6.04 Å². The number of carboxylic acid groups (broad SMARTS) is 1. The molecule has 2 N–H and O–H groups in total. The number of hydrogen-bond donors (Lipinski definition) is 2. The van der Waals surface area contributed by atoms with E-state index in [2.05, 4.69) is 19.2 Å². The summed E-state index contributed by atoms with van der Waals surface area (Å²) in [5.74, 6) is 1.31. The Morgan fingerprint density at radius 3 is 2.64 bits per heavy atom. The largest absolute Gasteiger partial charge is 0.480 e. The van der Waals surface area contributed by atoms with Crippen LogP contribution in [0.1, 0.15) is 33.1 Å². The van der Waals surface area contributed by atoms with Crippen molar-refractivity contribution in [1.82, 2.24) is 5.32 Å². The van der Waals surface area contributed by atoms with Gasteiger partial charge in [0.05, 0.1) is 0 Å². The number of rotatable bonds is 1. The van der Waals surface area contributed by atoms with E-state index < -0.39 is 5.97 Å². The van der Waals surface area contributed by atoms with Crippen molar-refractivity contribution in [2.45, 2.75) is 45.2 Å². The summed E-state index contributed by atoms with van der Waals surface area (Å²) in [6, 6.07) is 0.157. The van der Waals surface area contributed by atoms with Crippen LogP contribution >= 0.6 is 0 Å². The predicted molar refractivity (Wildman–Crippen MR) is 54.0 cm³/mol. The fourth-order valence-corrected chi connectivity index (χ4v) is 3.32. The number of carboxylic acids is 1. The lowest BCUT2D eigenvalue weighted by molar-refractivity contribution is -0.139. The van der Waals surface area contributed by atoms with Crippen molar-refractivity contribution in [2.75, 3.05) is 0 Å². The third-order valence-electron chi connectivity index (χ3n) is 3.83. The first-order valence-corrected chi connectivity index (χ1v) is 5.56. The number of hydrogen-bond acceptors (Lipinski definition) is 2. The average Bonchev–Trinajstić information content (AvgIpc) is 2.47. The van der Waals surface area contributed by atoms with Crippen molar-refractivity contribution >= 4 is 5.97 Å². The summed E-state index contributed by atoms with van der Waals surface area (Å²) in [6.07, 6.45) is 3.26. The molecule has 0 aromatic rings. The maximum atomic E-state index is 10.9. The molecule has 2 fully saturated rings. The van der Waals surface area contributed by atoms with Crippen LogP contribution in [0.4, 0.5) is 0 Å². The topological polar surface area (TPSA) is 49.3 Å². The van der Waals surface area contributed by atoms with Gasteiger partial charge in [-0.3, -0.25) is 4.79 Å². The van der Waals surface area contributed by atoms with Gasteiger partial charge in [0.25, 0.3) is 0 Å². The summed E-state index contributed by atoms with van der Waals surface area (Å²) in [6.45, 7) is 4.52. The molecule has 1 heterocycles. The highest BCUT2D eigenvalue weighted by Gasteiger charge is 2.43. The fraction of sp³-hybridized carbons (Fsp3) is 0.909. The molecule has 2 rings (SSSR count). The summed E-state index contributed by atoms with van der Waals surface area (Å²) in [7, 11) is 0. The second kappa shape index (κ2) is 3.54. The summed E-state index contributed by atoms with van der Waals surface area (Å²) in [4.78, 5) is 10.9. The molecule has 5 unspecified atom stereocenters. The van der Waals surface area contributed by atoms with Crippen LogP contribution in [0.3, 0.4) is 0 Å². The third kappa shape index (κ3) is 1.65. The van der Waals surface area contributed by atoms with Crippen LogP contribution in [0.25, 0.3) is 0 Å². The van der Waals surface area contributed by atoms with Crippen molar-refractivity contribution in [3.8, 4) is 0 Å². The molecule has 0 aromatic heterocycles. The third-order valence-corrected chi connectivity index (χ3v) is 3.83. The van der Waals surface area contributed by atoms with E-state index in [-0.39, 0.29) is 6.04 Å². The Kier molecular flexibility index (Phi) is 2.52. The van der Waals surface area contributed by atoms with Gasteiger partial charge in [-0.1, -0.05) is 13.8 Å². The molecule has 1 saturated carbocycles. The second-order valence-electron chi connectivity index (χ2n) is 5.13. The maximum absolute atomic E-state index is 10.9. The molecular weight excluding hydrogens is 178 g/mol. The van der Waals surface area contributed by atoms with E-state index in [0.29, 0.717) is 17.9 Å². The van der Waals surface area contributed by atoms with Gasteiger partial charge in [0.2, 0.25) is 0 Å². The monoisotopic (exact) mass is 197 g/mol. The Bertz CT molecular complexity index is 241. The fourth-order valence-electron chi connectivity index (χ4n) is 3.32. The van der Waals surface area contributed by atoms with Gasteiger partial charge in [-0.2, -0.15) is 0 Å². The minimum atomic E-state index is -0.681. The lowest BCUT2D eigenvalue weighted by Gasteiger charge is -2.35. The lowest BCUT2D eigenvalue weighted by Crippen LogP contribution is -2.42. The van der Waals surface area contributed by atoms with Crippen molar-refractivity contribution < 1.29 is 9.90 Å². The zero-order chi connectivity index (χ0) is 10.3. The molecule has 0 bridgehead atoms. The molecule has 3 heteroatoms. The van der Waals surface area contributed by atoms with Gasteiger partial charge in [-0.25, -0.2) is 0 Å². The molecule has 1 aliphatic carbocycles. The minimum Gasteiger partial charge on any atom is -0.480 e. The molecule has 2 aliphatic rings. The van der Waals surface area contributed by atoms with Crippen molar-refractivity contribution in [2.24, 2.45) is 17.8 Å². The second-order valence-corrected chi connectivity index (χ2v) is 5.13. The summed E-state index contributed by atoms with van der Waals surface area (Å²) >= 11 is 0. The molecular formula is C11H19NO2. The van der Waals surface area contributed by atoms with E-state index in [1.807, 2.05) is 0 Å². The Balaban J connectivity index is 2.05. The predicted octanol–water partition coefficient (Wildman–Crippen LogP) is 1.48.